The summed E-state index contributed by atoms with van der Waals surface area (Å²) in [7, 11) is 0. The zero-order valence-electron chi connectivity index (χ0n) is 28.8. The number of ether oxygens (including phenoxy) is 2. The van der Waals surface area contributed by atoms with E-state index in [1.807, 2.05) is 103 Å². The molecule has 8 nitrogen and oxygen atoms in total. The van der Waals surface area contributed by atoms with Gasteiger partial charge < -0.3 is 30.5 Å². The molecule has 0 radical (unpaired) electrons. The molecular weight excluding hydrogens is 659 g/mol. The van der Waals surface area contributed by atoms with Crippen LogP contribution in [-0.4, -0.2) is 28.9 Å². The van der Waals surface area contributed by atoms with E-state index in [9.17, 15) is 14.7 Å². The van der Waals surface area contributed by atoms with Gasteiger partial charge in [0.25, 0.3) is 0 Å². The summed E-state index contributed by atoms with van der Waals surface area (Å²) < 4.78 is 13.4. The van der Waals surface area contributed by atoms with Gasteiger partial charge in [0.1, 0.15) is 0 Å². The maximum Gasteiger partial charge on any atom is 0.315 e. The Morgan fingerprint density at radius 3 is 2.08 bits per heavy atom. The standard InChI is InChI=1S/C42H43N3O5S/c1-28-39(27-51-38-20-18-37(19-21-38)45-29(2)47)49-41(50-40(28)33-16-14-31(26-46)15-17-33)36-13-7-12-35(23-36)34-11-6-10-32(22-34)25-44-42(48)43-24-30-8-4-3-5-9-30/h3-23,28,39-41,46H,24-27H2,1-2H3,(H,45,47)(H2,43,44,48)/t28-,39+,40+,41+/m0/s1. The number of hydrogen-bond acceptors (Lipinski definition) is 6. The van der Waals surface area contributed by atoms with Gasteiger partial charge in [0.2, 0.25) is 5.91 Å². The Labute approximate surface area is 303 Å². The van der Waals surface area contributed by atoms with Crippen molar-refractivity contribution in [3.05, 3.63) is 155 Å². The minimum absolute atomic E-state index is 0.0153. The highest BCUT2D eigenvalue weighted by molar-refractivity contribution is 7.99. The van der Waals surface area contributed by atoms with Crippen molar-refractivity contribution in [3.63, 3.8) is 0 Å². The van der Waals surface area contributed by atoms with E-state index in [0.717, 1.165) is 49.5 Å². The molecule has 9 heteroatoms. The van der Waals surface area contributed by atoms with E-state index < -0.39 is 6.29 Å². The molecule has 4 N–H and O–H groups in total. The van der Waals surface area contributed by atoms with E-state index in [4.69, 9.17) is 9.47 Å². The minimum Gasteiger partial charge on any atom is -0.392 e. The van der Waals surface area contributed by atoms with Gasteiger partial charge >= 0.3 is 6.03 Å². The largest absolute Gasteiger partial charge is 0.392 e. The van der Waals surface area contributed by atoms with Crippen molar-refractivity contribution in [2.45, 2.75) is 56.9 Å². The zero-order chi connectivity index (χ0) is 35.6. The van der Waals surface area contributed by atoms with Crippen molar-refractivity contribution in [2.75, 3.05) is 11.1 Å². The molecule has 1 heterocycles. The number of hydrogen-bond donors (Lipinski definition) is 4. The van der Waals surface area contributed by atoms with Gasteiger partial charge in [-0.05, 0) is 69.8 Å². The molecule has 1 aliphatic rings. The van der Waals surface area contributed by atoms with Gasteiger partial charge in [0.15, 0.2) is 6.29 Å². The van der Waals surface area contributed by atoms with Gasteiger partial charge in [-0.1, -0.05) is 97.9 Å². The van der Waals surface area contributed by atoms with Gasteiger partial charge in [0, 0.05) is 47.8 Å². The Morgan fingerprint density at radius 1 is 0.706 bits per heavy atom. The molecule has 1 aliphatic heterocycles. The second-order valence-electron chi connectivity index (χ2n) is 12.7. The van der Waals surface area contributed by atoms with E-state index in [2.05, 4.69) is 47.1 Å². The van der Waals surface area contributed by atoms with Gasteiger partial charge in [0.05, 0.1) is 18.8 Å². The molecule has 3 amide bonds. The van der Waals surface area contributed by atoms with Gasteiger partial charge in [-0.3, -0.25) is 4.79 Å². The normalized spacial score (nSPS) is 18.5. The molecule has 0 aliphatic carbocycles. The van der Waals surface area contributed by atoms with Crippen LogP contribution in [0.4, 0.5) is 10.5 Å². The maximum atomic E-state index is 12.5. The predicted octanol–water partition coefficient (Wildman–Crippen LogP) is 8.39. The third-order valence-electron chi connectivity index (χ3n) is 8.88. The maximum absolute atomic E-state index is 12.5. The van der Waals surface area contributed by atoms with Crippen molar-refractivity contribution >= 4 is 29.4 Å². The summed E-state index contributed by atoms with van der Waals surface area (Å²) in [6.45, 7) is 4.50. The van der Waals surface area contributed by atoms with Crippen LogP contribution in [-0.2, 0) is 34.0 Å². The van der Waals surface area contributed by atoms with E-state index in [1.54, 1.807) is 11.8 Å². The molecule has 262 valence electrons. The number of aliphatic hydroxyl groups excluding tert-OH is 1. The number of amides is 3. The molecule has 0 aromatic heterocycles. The van der Waals surface area contributed by atoms with Gasteiger partial charge in [-0.2, -0.15) is 0 Å². The first kappa shape index (κ1) is 35.9. The smallest absolute Gasteiger partial charge is 0.315 e. The van der Waals surface area contributed by atoms with Gasteiger partial charge in [-0.15, -0.1) is 11.8 Å². The van der Waals surface area contributed by atoms with Crippen molar-refractivity contribution < 1.29 is 24.2 Å². The third kappa shape index (κ3) is 9.86. The number of carbonyl (C=O) groups is 2. The third-order valence-corrected chi connectivity index (χ3v) is 9.98. The lowest BCUT2D eigenvalue weighted by atomic mass is 9.91. The molecule has 0 spiro atoms. The number of urea groups is 1. The van der Waals surface area contributed by atoms with Crippen molar-refractivity contribution in [3.8, 4) is 11.1 Å². The molecule has 6 rings (SSSR count). The van der Waals surface area contributed by atoms with E-state index in [-0.39, 0.29) is 36.7 Å². The highest BCUT2D eigenvalue weighted by Gasteiger charge is 2.38. The summed E-state index contributed by atoms with van der Waals surface area (Å²) >= 11 is 1.71. The highest BCUT2D eigenvalue weighted by atomic mass is 32.2. The molecule has 5 aromatic rings. The number of aliphatic hydroxyl groups is 1. The van der Waals surface area contributed by atoms with Crippen molar-refractivity contribution in [2.24, 2.45) is 5.92 Å². The number of carbonyl (C=O) groups excluding carboxylic acids is 2. The monoisotopic (exact) mass is 701 g/mol. The second-order valence-corrected chi connectivity index (χ2v) is 13.8. The van der Waals surface area contributed by atoms with Crippen LogP contribution in [0, 0.1) is 5.92 Å². The van der Waals surface area contributed by atoms with Crippen LogP contribution >= 0.6 is 11.8 Å². The van der Waals surface area contributed by atoms with Crippen LogP contribution in [0.2, 0.25) is 0 Å². The number of nitrogens with one attached hydrogen (secondary N) is 3. The molecule has 0 unspecified atom stereocenters. The lowest BCUT2D eigenvalue weighted by Gasteiger charge is -2.41. The summed E-state index contributed by atoms with van der Waals surface area (Å²) in [4.78, 5) is 25.0. The van der Waals surface area contributed by atoms with Crippen molar-refractivity contribution in [1.82, 2.24) is 10.6 Å². The first-order valence-corrected chi connectivity index (χ1v) is 18.1. The first-order valence-electron chi connectivity index (χ1n) is 17.1. The lowest BCUT2D eigenvalue weighted by Crippen LogP contribution is -2.38. The quantitative estimate of drug-likeness (QED) is 0.0974. The molecule has 1 saturated heterocycles. The Balaban J connectivity index is 1.16. The highest BCUT2D eigenvalue weighted by Crippen LogP contribution is 2.43. The fourth-order valence-corrected chi connectivity index (χ4v) is 7.14. The summed E-state index contributed by atoms with van der Waals surface area (Å²) in [5, 5.41) is 18.3. The van der Waals surface area contributed by atoms with Crippen molar-refractivity contribution in [1.29, 1.82) is 0 Å². The van der Waals surface area contributed by atoms with E-state index in [0.29, 0.717) is 18.8 Å². The fraction of sp³-hybridized carbons (Fsp3) is 0.238. The molecule has 0 bridgehead atoms. The Kier molecular flexibility index (Phi) is 12.2. The van der Waals surface area contributed by atoms with Gasteiger partial charge in [-0.25, -0.2) is 4.79 Å². The second kappa shape index (κ2) is 17.3. The number of benzene rings is 5. The first-order chi connectivity index (χ1) is 24.8. The predicted molar refractivity (Wildman–Crippen MR) is 202 cm³/mol. The molecular formula is C42H43N3O5S. The van der Waals surface area contributed by atoms with Crippen LogP contribution in [0.5, 0.6) is 0 Å². The van der Waals surface area contributed by atoms with Crippen LogP contribution in [0.3, 0.4) is 0 Å². The summed E-state index contributed by atoms with van der Waals surface area (Å²) in [6.07, 6.45) is -0.956. The molecule has 51 heavy (non-hydrogen) atoms. The van der Waals surface area contributed by atoms with Crippen LogP contribution < -0.4 is 16.0 Å². The Morgan fingerprint density at radius 2 is 1.37 bits per heavy atom. The topological polar surface area (TPSA) is 109 Å². The summed E-state index contributed by atoms with van der Waals surface area (Å²) in [6, 6.07) is 41.7. The number of thioether (sulfide) groups is 1. The van der Waals surface area contributed by atoms with E-state index in [1.165, 1.54) is 6.92 Å². The SMILES string of the molecule is CC(=O)Nc1ccc(SC[C@H]2O[C@@H](c3cccc(-c4cccc(CNC(=O)NCc5ccccc5)c4)c3)O[C@@H](c3ccc(CO)cc3)[C@H]2C)cc1. The average molecular weight is 702 g/mol. The summed E-state index contributed by atoms with van der Waals surface area (Å²) in [5.41, 5.74) is 7.63. The lowest BCUT2D eigenvalue weighted by molar-refractivity contribution is -0.268. The van der Waals surface area contributed by atoms with E-state index >= 15 is 0 Å². The number of anilines is 1. The molecule has 0 saturated carbocycles. The van der Waals surface area contributed by atoms with Crippen LogP contribution in [0.1, 0.15) is 54.1 Å². The Hall–Kier alpha value is -4.93. The molecule has 1 fully saturated rings. The average Bonchev–Trinajstić information content (AvgIpc) is 3.17. The number of rotatable bonds is 12. The molecule has 5 aromatic carbocycles. The summed E-state index contributed by atoms with van der Waals surface area (Å²) in [5.74, 6) is 0.654. The van der Waals surface area contributed by atoms with Crippen LogP contribution in [0.25, 0.3) is 11.1 Å². The zero-order valence-corrected chi connectivity index (χ0v) is 29.6. The molecule has 4 atom stereocenters. The Bertz CT molecular complexity index is 1900. The van der Waals surface area contributed by atoms with Crippen LogP contribution in [0.15, 0.2) is 132 Å². The fourth-order valence-electron chi connectivity index (χ4n) is 6.07. The minimum atomic E-state index is -0.602.